The third-order valence-corrected chi connectivity index (χ3v) is 2.16. The van der Waals surface area contributed by atoms with E-state index in [0.717, 1.165) is 5.01 Å². The van der Waals surface area contributed by atoms with Crippen molar-refractivity contribution in [3.63, 3.8) is 0 Å². The van der Waals surface area contributed by atoms with Gasteiger partial charge in [-0.15, -0.1) is 0 Å². The SMILES string of the molecule is CC(C)(C)/C(=C(/N)C(=O)O)N(N)c1nonc1N. The van der Waals surface area contributed by atoms with E-state index in [9.17, 15) is 4.79 Å². The van der Waals surface area contributed by atoms with Crippen LogP contribution in [-0.2, 0) is 4.79 Å². The van der Waals surface area contributed by atoms with E-state index >= 15 is 0 Å². The maximum atomic E-state index is 11.0. The van der Waals surface area contributed by atoms with Crippen molar-refractivity contribution in [2.75, 3.05) is 10.7 Å². The molecule has 1 rings (SSSR count). The van der Waals surface area contributed by atoms with Gasteiger partial charge in [-0.1, -0.05) is 20.8 Å². The molecule has 0 radical (unpaired) electrons. The van der Waals surface area contributed by atoms with Gasteiger partial charge in [0.05, 0.1) is 5.70 Å². The number of carbonyl (C=O) groups is 1. The number of nitrogens with two attached hydrogens (primary N) is 3. The van der Waals surface area contributed by atoms with E-state index in [-0.39, 0.29) is 17.3 Å². The Kier molecular flexibility index (Phi) is 3.47. The van der Waals surface area contributed by atoms with Crippen molar-refractivity contribution >= 4 is 17.6 Å². The lowest BCUT2D eigenvalue weighted by molar-refractivity contribution is -0.132. The Morgan fingerprint density at radius 2 is 1.94 bits per heavy atom. The van der Waals surface area contributed by atoms with Crippen LogP contribution >= 0.6 is 0 Å². The topological polar surface area (TPSA) is 158 Å². The number of anilines is 2. The van der Waals surface area contributed by atoms with Crippen LogP contribution in [0.15, 0.2) is 16.0 Å². The van der Waals surface area contributed by atoms with Gasteiger partial charge >= 0.3 is 5.97 Å². The van der Waals surface area contributed by atoms with Gasteiger partial charge in [-0.25, -0.2) is 15.3 Å². The lowest BCUT2D eigenvalue weighted by atomic mass is 9.90. The molecule has 0 aliphatic carbocycles. The van der Waals surface area contributed by atoms with Crippen LogP contribution in [0.1, 0.15) is 20.8 Å². The maximum Gasteiger partial charge on any atom is 0.353 e. The molecule has 0 aliphatic heterocycles. The number of allylic oxidation sites excluding steroid dienone is 1. The Balaban J connectivity index is 3.35. The molecule has 7 N–H and O–H groups in total. The third-order valence-electron chi connectivity index (χ3n) is 2.16. The molecule has 0 saturated heterocycles. The van der Waals surface area contributed by atoms with Crippen molar-refractivity contribution in [2.45, 2.75) is 20.8 Å². The molecule has 18 heavy (non-hydrogen) atoms. The maximum absolute atomic E-state index is 11.0. The number of nitrogens with zero attached hydrogens (tertiary/aromatic N) is 3. The Labute approximate surface area is 103 Å². The molecule has 9 nitrogen and oxygen atoms in total. The monoisotopic (exact) mass is 256 g/mol. The van der Waals surface area contributed by atoms with Crippen LogP contribution in [0, 0.1) is 5.41 Å². The average Bonchev–Trinajstić information content (AvgIpc) is 2.61. The summed E-state index contributed by atoms with van der Waals surface area (Å²) in [7, 11) is 0. The number of aromatic nitrogens is 2. The van der Waals surface area contributed by atoms with Gasteiger partial charge in [0, 0.05) is 5.41 Å². The Morgan fingerprint density at radius 1 is 1.39 bits per heavy atom. The number of hydrogen-bond acceptors (Lipinski definition) is 8. The first-order chi connectivity index (χ1) is 8.16. The van der Waals surface area contributed by atoms with Crippen molar-refractivity contribution < 1.29 is 14.5 Å². The summed E-state index contributed by atoms with van der Waals surface area (Å²) >= 11 is 0. The van der Waals surface area contributed by atoms with Crippen LogP contribution in [0.2, 0.25) is 0 Å². The van der Waals surface area contributed by atoms with Crippen molar-refractivity contribution in [3.8, 4) is 0 Å². The minimum Gasteiger partial charge on any atom is -0.477 e. The van der Waals surface area contributed by atoms with Gasteiger partial charge in [-0.3, -0.25) is 5.01 Å². The second-order valence-electron chi connectivity index (χ2n) is 4.66. The standard InChI is InChI=1S/C9H16N6O3/c1-9(2,3)5(4(10)8(16)17)15(12)7-6(11)13-18-14-7/h10,12H2,1-3H3,(H2,11,13)(H,16,17)/b5-4-. The summed E-state index contributed by atoms with van der Waals surface area (Å²) in [5, 5.41) is 16.8. The van der Waals surface area contributed by atoms with Crippen LogP contribution in [0.5, 0.6) is 0 Å². The second-order valence-corrected chi connectivity index (χ2v) is 4.66. The molecule has 1 heterocycles. The first kappa shape index (κ1) is 13.8. The summed E-state index contributed by atoms with van der Waals surface area (Å²) in [5.74, 6) is 4.46. The van der Waals surface area contributed by atoms with Crippen molar-refractivity contribution in [1.82, 2.24) is 10.3 Å². The second kappa shape index (κ2) is 4.53. The lowest BCUT2D eigenvalue weighted by Crippen LogP contribution is -2.40. The van der Waals surface area contributed by atoms with E-state index in [0.29, 0.717) is 0 Å². The lowest BCUT2D eigenvalue weighted by Gasteiger charge is -2.30. The zero-order valence-electron chi connectivity index (χ0n) is 10.3. The van der Waals surface area contributed by atoms with E-state index in [1.807, 2.05) is 0 Å². The Hall–Kier alpha value is -2.29. The highest BCUT2D eigenvalue weighted by molar-refractivity contribution is 5.87. The highest BCUT2D eigenvalue weighted by atomic mass is 16.6. The van der Waals surface area contributed by atoms with Crippen molar-refractivity contribution in [2.24, 2.45) is 17.0 Å². The smallest absolute Gasteiger partial charge is 0.353 e. The highest BCUT2D eigenvalue weighted by Gasteiger charge is 2.30. The number of nitrogen functional groups attached to an aromatic ring is 1. The molecular formula is C9H16N6O3. The first-order valence-electron chi connectivity index (χ1n) is 5.02. The molecular weight excluding hydrogens is 240 g/mol. The molecule has 9 heteroatoms. The quantitative estimate of drug-likeness (QED) is 0.321. The summed E-state index contributed by atoms with van der Waals surface area (Å²) in [6, 6.07) is 0. The summed E-state index contributed by atoms with van der Waals surface area (Å²) in [4.78, 5) is 11.0. The van der Waals surface area contributed by atoms with E-state index in [1.54, 1.807) is 20.8 Å². The van der Waals surface area contributed by atoms with E-state index in [1.165, 1.54) is 0 Å². The van der Waals surface area contributed by atoms with Gasteiger partial charge in [-0.2, -0.15) is 0 Å². The van der Waals surface area contributed by atoms with Crippen LogP contribution < -0.4 is 22.3 Å². The number of hydrogen-bond donors (Lipinski definition) is 4. The fourth-order valence-corrected chi connectivity index (χ4v) is 1.46. The van der Waals surface area contributed by atoms with E-state index in [2.05, 4.69) is 14.9 Å². The number of carboxylic acid groups (broad SMARTS) is 1. The molecule has 0 atom stereocenters. The third kappa shape index (κ3) is 2.51. The van der Waals surface area contributed by atoms with Crippen molar-refractivity contribution in [1.29, 1.82) is 0 Å². The van der Waals surface area contributed by atoms with Gasteiger partial charge < -0.3 is 16.6 Å². The molecule has 1 aromatic heterocycles. The zero-order valence-corrected chi connectivity index (χ0v) is 10.3. The molecule has 0 spiro atoms. The molecule has 0 bridgehead atoms. The number of hydrazine groups is 1. The van der Waals surface area contributed by atoms with E-state index < -0.39 is 17.1 Å². The number of rotatable bonds is 3. The molecule has 0 amide bonds. The molecule has 100 valence electrons. The molecule has 0 aliphatic rings. The van der Waals surface area contributed by atoms with Gasteiger partial charge in [-0.05, 0) is 10.3 Å². The Morgan fingerprint density at radius 3 is 2.28 bits per heavy atom. The van der Waals surface area contributed by atoms with Gasteiger partial charge in [0.2, 0.25) is 11.6 Å². The van der Waals surface area contributed by atoms with Gasteiger partial charge in [0.25, 0.3) is 0 Å². The predicted molar refractivity (Wildman–Crippen MR) is 63.7 cm³/mol. The highest BCUT2D eigenvalue weighted by Crippen LogP contribution is 2.32. The summed E-state index contributed by atoms with van der Waals surface area (Å²) in [5.41, 5.74) is 10.2. The predicted octanol–water partition coefficient (Wildman–Crippen LogP) is -0.367. The normalized spacial score (nSPS) is 13.1. The molecule has 0 aromatic carbocycles. The largest absolute Gasteiger partial charge is 0.477 e. The summed E-state index contributed by atoms with van der Waals surface area (Å²) < 4.78 is 4.41. The first-order valence-corrected chi connectivity index (χ1v) is 5.02. The summed E-state index contributed by atoms with van der Waals surface area (Å²) in [6.07, 6.45) is 0. The van der Waals surface area contributed by atoms with Gasteiger partial charge in [0.1, 0.15) is 5.70 Å². The number of carboxylic acids is 1. The van der Waals surface area contributed by atoms with Crippen LogP contribution in [0.4, 0.5) is 11.6 Å². The number of aliphatic carboxylic acids is 1. The van der Waals surface area contributed by atoms with Crippen LogP contribution in [0.3, 0.4) is 0 Å². The van der Waals surface area contributed by atoms with Crippen LogP contribution in [-0.4, -0.2) is 21.4 Å². The minimum atomic E-state index is -1.29. The average molecular weight is 256 g/mol. The minimum absolute atomic E-state index is 0.00382. The fraction of sp³-hybridized carbons (Fsp3) is 0.444. The molecule has 1 aromatic rings. The molecule has 0 fully saturated rings. The van der Waals surface area contributed by atoms with E-state index in [4.69, 9.17) is 22.4 Å². The Bertz CT molecular complexity index is 487. The molecule has 0 saturated carbocycles. The van der Waals surface area contributed by atoms with Crippen molar-refractivity contribution in [3.05, 3.63) is 11.4 Å². The van der Waals surface area contributed by atoms with Crippen LogP contribution in [0.25, 0.3) is 0 Å². The summed E-state index contributed by atoms with van der Waals surface area (Å²) in [6.45, 7) is 5.26. The van der Waals surface area contributed by atoms with Gasteiger partial charge in [0.15, 0.2) is 0 Å². The fourth-order valence-electron chi connectivity index (χ4n) is 1.46. The molecule has 0 unspecified atom stereocenters. The zero-order chi connectivity index (χ0) is 14.1.